The number of rotatable bonds is 6. The molecule has 0 spiro atoms. The highest BCUT2D eigenvalue weighted by Gasteiger charge is 2.14. The summed E-state index contributed by atoms with van der Waals surface area (Å²) in [5, 5.41) is 6.01. The highest BCUT2D eigenvalue weighted by molar-refractivity contribution is 6.04. The number of carbonyl (C=O) groups excluding carboxylic acids is 1. The number of anilines is 3. The molecule has 150 valence electrons. The molecule has 0 fully saturated rings. The first-order valence-corrected chi connectivity index (χ1v) is 9.12. The van der Waals surface area contributed by atoms with Crippen molar-refractivity contribution in [2.45, 2.75) is 20.8 Å². The topological polar surface area (TPSA) is 85.4 Å². The zero-order valence-corrected chi connectivity index (χ0v) is 17.2. The van der Waals surface area contributed by atoms with Crippen LogP contribution in [-0.4, -0.2) is 30.1 Å². The average Bonchev–Trinajstić information content (AvgIpc) is 2.66. The molecule has 3 rings (SSSR count). The molecule has 1 amide bonds. The van der Waals surface area contributed by atoms with Crippen LogP contribution in [0, 0.1) is 20.8 Å². The van der Waals surface area contributed by atoms with Crippen molar-refractivity contribution in [3.63, 3.8) is 0 Å². The lowest BCUT2D eigenvalue weighted by molar-refractivity contribution is 0.102. The number of benzene rings is 2. The summed E-state index contributed by atoms with van der Waals surface area (Å²) in [6, 6.07) is 12.9. The molecule has 29 heavy (non-hydrogen) atoms. The number of aryl methyl sites for hydroxylation is 3. The fourth-order valence-electron chi connectivity index (χ4n) is 3.01. The van der Waals surface area contributed by atoms with Crippen LogP contribution in [0.25, 0.3) is 0 Å². The van der Waals surface area contributed by atoms with Gasteiger partial charge in [-0.15, -0.1) is 0 Å². The van der Waals surface area contributed by atoms with Crippen LogP contribution in [0.4, 0.5) is 17.3 Å². The Labute approximate surface area is 170 Å². The maximum absolute atomic E-state index is 12.8. The highest BCUT2D eigenvalue weighted by atomic mass is 16.5. The van der Waals surface area contributed by atoms with Crippen LogP contribution >= 0.6 is 0 Å². The molecule has 0 saturated carbocycles. The molecule has 0 aliphatic carbocycles. The Hall–Kier alpha value is -3.61. The quantitative estimate of drug-likeness (QED) is 0.646. The summed E-state index contributed by atoms with van der Waals surface area (Å²) in [5.41, 5.74) is 4.54. The first-order chi connectivity index (χ1) is 13.9. The number of hydrogen-bond acceptors (Lipinski definition) is 6. The van der Waals surface area contributed by atoms with Crippen molar-refractivity contribution in [1.82, 2.24) is 9.97 Å². The van der Waals surface area contributed by atoms with Crippen molar-refractivity contribution >= 4 is 23.2 Å². The average molecular weight is 392 g/mol. The van der Waals surface area contributed by atoms with Crippen LogP contribution in [0.1, 0.15) is 27.3 Å². The summed E-state index contributed by atoms with van der Waals surface area (Å²) in [7, 11) is 3.10. The maximum Gasteiger partial charge on any atom is 0.274 e. The summed E-state index contributed by atoms with van der Waals surface area (Å²) < 4.78 is 10.5. The van der Waals surface area contributed by atoms with E-state index in [1.54, 1.807) is 31.4 Å². The van der Waals surface area contributed by atoms with E-state index >= 15 is 0 Å². The molecule has 0 bridgehead atoms. The summed E-state index contributed by atoms with van der Waals surface area (Å²) in [6.07, 6.45) is 0. The van der Waals surface area contributed by atoms with E-state index in [0.29, 0.717) is 28.8 Å². The van der Waals surface area contributed by atoms with Crippen LogP contribution in [0.3, 0.4) is 0 Å². The molecule has 0 saturated heterocycles. The SMILES string of the molecule is COc1ccc(OC)c(NC(=O)c2cc(C)nc(Nc3cc(C)cc(C)c3)n2)c1. The smallest absolute Gasteiger partial charge is 0.274 e. The van der Waals surface area contributed by atoms with E-state index in [4.69, 9.17) is 9.47 Å². The number of carbonyl (C=O) groups is 1. The molecule has 0 aliphatic rings. The third-order valence-electron chi connectivity index (χ3n) is 4.22. The van der Waals surface area contributed by atoms with E-state index < -0.39 is 0 Å². The predicted molar refractivity (Wildman–Crippen MR) is 113 cm³/mol. The summed E-state index contributed by atoms with van der Waals surface area (Å²) >= 11 is 0. The Bertz CT molecular complexity index is 1030. The van der Waals surface area contributed by atoms with Gasteiger partial charge in [-0.3, -0.25) is 4.79 Å². The second-order valence-corrected chi connectivity index (χ2v) is 6.74. The lowest BCUT2D eigenvalue weighted by Gasteiger charge is -2.13. The fourth-order valence-corrected chi connectivity index (χ4v) is 3.01. The largest absolute Gasteiger partial charge is 0.497 e. The van der Waals surface area contributed by atoms with Gasteiger partial charge in [-0.25, -0.2) is 9.97 Å². The Morgan fingerprint density at radius 3 is 2.28 bits per heavy atom. The minimum absolute atomic E-state index is 0.245. The first-order valence-electron chi connectivity index (χ1n) is 9.12. The number of nitrogens with zero attached hydrogens (tertiary/aromatic N) is 2. The third-order valence-corrected chi connectivity index (χ3v) is 4.22. The van der Waals surface area contributed by atoms with Crippen molar-refractivity contribution in [1.29, 1.82) is 0 Å². The summed E-state index contributed by atoms with van der Waals surface area (Å²) in [6.45, 7) is 5.86. The number of amides is 1. The first kappa shape index (κ1) is 20.1. The van der Waals surface area contributed by atoms with E-state index in [1.165, 1.54) is 7.11 Å². The van der Waals surface area contributed by atoms with Gasteiger partial charge in [0.15, 0.2) is 0 Å². The number of methoxy groups -OCH3 is 2. The molecule has 3 aromatic rings. The molecule has 7 heteroatoms. The van der Waals surface area contributed by atoms with Gasteiger partial charge in [0.1, 0.15) is 17.2 Å². The molecule has 0 radical (unpaired) electrons. The fraction of sp³-hybridized carbons (Fsp3) is 0.227. The Morgan fingerprint density at radius 2 is 1.62 bits per heavy atom. The molecule has 7 nitrogen and oxygen atoms in total. The van der Waals surface area contributed by atoms with Crippen molar-refractivity contribution in [3.8, 4) is 11.5 Å². The van der Waals surface area contributed by atoms with E-state index in [9.17, 15) is 4.79 Å². The van der Waals surface area contributed by atoms with Gasteiger partial charge in [0.25, 0.3) is 5.91 Å². The molecule has 0 aliphatic heterocycles. The van der Waals surface area contributed by atoms with Crippen molar-refractivity contribution < 1.29 is 14.3 Å². The monoisotopic (exact) mass is 392 g/mol. The molecule has 0 atom stereocenters. The molecule has 1 aromatic heterocycles. The molecule has 2 N–H and O–H groups in total. The van der Waals surface area contributed by atoms with Gasteiger partial charge in [0.05, 0.1) is 19.9 Å². The van der Waals surface area contributed by atoms with E-state index in [0.717, 1.165) is 16.8 Å². The summed E-state index contributed by atoms with van der Waals surface area (Å²) in [4.78, 5) is 21.6. The van der Waals surface area contributed by atoms with Gasteiger partial charge in [0.2, 0.25) is 5.95 Å². The zero-order chi connectivity index (χ0) is 21.0. The van der Waals surface area contributed by atoms with Gasteiger partial charge in [-0.2, -0.15) is 0 Å². The summed E-state index contributed by atoms with van der Waals surface area (Å²) in [5.74, 6) is 1.12. The molecule has 0 unspecified atom stereocenters. The van der Waals surface area contributed by atoms with E-state index in [2.05, 4.69) is 26.7 Å². The lowest BCUT2D eigenvalue weighted by atomic mass is 10.1. The Balaban J connectivity index is 1.86. The van der Waals surface area contributed by atoms with E-state index in [-0.39, 0.29) is 11.6 Å². The van der Waals surface area contributed by atoms with Gasteiger partial charge < -0.3 is 20.1 Å². The lowest BCUT2D eigenvalue weighted by Crippen LogP contribution is -2.16. The van der Waals surface area contributed by atoms with Crippen LogP contribution in [0.5, 0.6) is 11.5 Å². The van der Waals surface area contributed by atoms with Gasteiger partial charge in [0, 0.05) is 17.4 Å². The van der Waals surface area contributed by atoms with E-state index in [1.807, 2.05) is 32.9 Å². The number of hydrogen-bond donors (Lipinski definition) is 2. The van der Waals surface area contributed by atoms with Crippen LogP contribution in [-0.2, 0) is 0 Å². The third kappa shape index (κ3) is 5.01. The van der Waals surface area contributed by atoms with Crippen LogP contribution in [0.15, 0.2) is 42.5 Å². The van der Waals surface area contributed by atoms with Crippen molar-refractivity contribution in [3.05, 3.63) is 65.0 Å². The molecular formula is C22H24N4O3. The minimum Gasteiger partial charge on any atom is -0.497 e. The van der Waals surface area contributed by atoms with Gasteiger partial charge >= 0.3 is 0 Å². The molecule has 1 heterocycles. The predicted octanol–water partition coefficient (Wildman–Crippen LogP) is 4.41. The van der Waals surface area contributed by atoms with Gasteiger partial charge in [-0.1, -0.05) is 6.07 Å². The van der Waals surface area contributed by atoms with Crippen LogP contribution < -0.4 is 20.1 Å². The Kier molecular flexibility index (Phi) is 5.97. The van der Waals surface area contributed by atoms with Crippen molar-refractivity contribution in [2.24, 2.45) is 0 Å². The maximum atomic E-state index is 12.8. The molecule has 2 aromatic carbocycles. The zero-order valence-electron chi connectivity index (χ0n) is 17.2. The minimum atomic E-state index is -0.370. The second-order valence-electron chi connectivity index (χ2n) is 6.74. The molecular weight excluding hydrogens is 368 g/mol. The van der Waals surface area contributed by atoms with Crippen LogP contribution in [0.2, 0.25) is 0 Å². The number of ether oxygens (including phenoxy) is 2. The number of nitrogens with one attached hydrogen (secondary N) is 2. The number of aromatic nitrogens is 2. The van der Waals surface area contributed by atoms with Crippen molar-refractivity contribution in [2.75, 3.05) is 24.9 Å². The Morgan fingerprint density at radius 1 is 0.897 bits per heavy atom. The highest BCUT2D eigenvalue weighted by Crippen LogP contribution is 2.29. The second kappa shape index (κ2) is 8.60. The normalized spacial score (nSPS) is 10.4. The standard InChI is InChI=1S/C22H24N4O3/c1-13-8-14(2)10-16(9-13)24-22-23-15(3)11-19(26-22)21(27)25-18-12-17(28-4)6-7-20(18)29-5/h6-12H,1-5H3,(H,25,27)(H,23,24,26). The van der Waals surface area contributed by atoms with Gasteiger partial charge in [-0.05, 0) is 62.2 Å².